The molecular weight excluding hydrogens is 245 g/mol. The molecule has 1 aliphatic carbocycles. The molecule has 1 atom stereocenters. The summed E-state index contributed by atoms with van der Waals surface area (Å²) in [5.74, 6) is 5.45. The molecule has 18 heavy (non-hydrogen) atoms. The van der Waals surface area contributed by atoms with E-state index in [9.17, 15) is 13.2 Å². The number of halogens is 3. The number of rotatable bonds is 6. The fourth-order valence-electron chi connectivity index (χ4n) is 2.12. The van der Waals surface area contributed by atoms with Crippen LogP contribution >= 0.6 is 0 Å². The first kappa shape index (κ1) is 15.5. The summed E-state index contributed by atoms with van der Waals surface area (Å²) in [5.41, 5.74) is 3.87. The number of hydrazine groups is 1. The number of alkyl halides is 3. The van der Waals surface area contributed by atoms with Gasteiger partial charge in [0.05, 0.1) is 0 Å². The molecule has 0 saturated carbocycles. The van der Waals surface area contributed by atoms with Gasteiger partial charge in [-0.15, -0.1) is 0 Å². The zero-order valence-electron chi connectivity index (χ0n) is 10.4. The molecule has 0 aliphatic heterocycles. The van der Waals surface area contributed by atoms with Gasteiger partial charge in [-0.2, -0.15) is 13.2 Å². The van der Waals surface area contributed by atoms with Crippen molar-refractivity contribution in [3.63, 3.8) is 0 Å². The molecular formula is C12H21F3N2O. The van der Waals surface area contributed by atoms with Gasteiger partial charge in [-0.25, -0.2) is 0 Å². The summed E-state index contributed by atoms with van der Waals surface area (Å²) in [4.78, 5) is 0. The Balaban J connectivity index is 2.30. The number of nitrogens with two attached hydrogens (primary N) is 1. The van der Waals surface area contributed by atoms with Crippen molar-refractivity contribution in [2.24, 2.45) is 5.84 Å². The van der Waals surface area contributed by atoms with E-state index in [1.54, 1.807) is 0 Å². The molecule has 0 aromatic carbocycles. The summed E-state index contributed by atoms with van der Waals surface area (Å²) in [6.45, 7) is -1.13. The SMILES string of the molecule is NNC(CCOCC(F)(F)F)C1=CCCCCC1. The molecule has 1 rings (SSSR count). The Hall–Kier alpha value is -0.590. The zero-order valence-corrected chi connectivity index (χ0v) is 10.4. The van der Waals surface area contributed by atoms with Crippen LogP contribution in [-0.4, -0.2) is 25.4 Å². The smallest absolute Gasteiger partial charge is 0.372 e. The molecule has 0 aromatic heterocycles. The van der Waals surface area contributed by atoms with E-state index >= 15 is 0 Å². The highest BCUT2D eigenvalue weighted by Crippen LogP contribution is 2.21. The lowest BCUT2D eigenvalue weighted by atomic mass is 10.0. The molecule has 0 spiro atoms. The molecule has 0 radical (unpaired) electrons. The molecule has 3 nitrogen and oxygen atoms in total. The molecule has 106 valence electrons. The lowest BCUT2D eigenvalue weighted by Crippen LogP contribution is -2.37. The minimum absolute atomic E-state index is 0.0612. The second kappa shape index (κ2) is 7.76. The summed E-state index contributed by atoms with van der Waals surface area (Å²) in [6, 6.07) is -0.0728. The van der Waals surface area contributed by atoms with Crippen LogP contribution in [0.3, 0.4) is 0 Å². The van der Waals surface area contributed by atoms with Gasteiger partial charge in [-0.05, 0) is 32.1 Å². The van der Waals surface area contributed by atoms with E-state index in [2.05, 4.69) is 16.2 Å². The first-order valence-electron chi connectivity index (χ1n) is 6.32. The van der Waals surface area contributed by atoms with Gasteiger partial charge in [0.2, 0.25) is 0 Å². The van der Waals surface area contributed by atoms with Crippen molar-refractivity contribution in [2.75, 3.05) is 13.2 Å². The standard InChI is InChI=1S/C12H21F3N2O/c13-12(14,15)9-18-8-7-11(17-16)10-5-3-1-2-4-6-10/h5,11,17H,1-4,6-9,16H2. The lowest BCUT2D eigenvalue weighted by Gasteiger charge is -2.19. The quantitative estimate of drug-likeness (QED) is 0.336. The third-order valence-electron chi connectivity index (χ3n) is 3.04. The third-order valence-corrected chi connectivity index (χ3v) is 3.04. The van der Waals surface area contributed by atoms with Crippen LogP contribution in [0.2, 0.25) is 0 Å². The van der Waals surface area contributed by atoms with Crippen molar-refractivity contribution >= 4 is 0 Å². The highest BCUT2D eigenvalue weighted by atomic mass is 19.4. The van der Waals surface area contributed by atoms with Gasteiger partial charge >= 0.3 is 6.18 Å². The van der Waals surface area contributed by atoms with E-state index in [-0.39, 0.29) is 12.6 Å². The van der Waals surface area contributed by atoms with Crippen LogP contribution in [0.5, 0.6) is 0 Å². The molecule has 0 aromatic rings. The van der Waals surface area contributed by atoms with E-state index < -0.39 is 12.8 Å². The molecule has 0 fully saturated rings. The van der Waals surface area contributed by atoms with Gasteiger partial charge in [0.25, 0.3) is 0 Å². The van der Waals surface area contributed by atoms with E-state index in [1.165, 1.54) is 18.4 Å². The van der Waals surface area contributed by atoms with Crippen LogP contribution in [0, 0.1) is 0 Å². The average Bonchev–Trinajstić information content (AvgIpc) is 2.56. The van der Waals surface area contributed by atoms with E-state index in [0.717, 1.165) is 19.3 Å². The van der Waals surface area contributed by atoms with Crippen LogP contribution < -0.4 is 11.3 Å². The van der Waals surface area contributed by atoms with E-state index in [1.807, 2.05) is 0 Å². The van der Waals surface area contributed by atoms with Gasteiger partial charge in [-0.1, -0.05) is 18.1 Å². The van der Waals surface area contributed by atoms with Gasteiger partial charge in [-0.3, -0.25) is 11.3 Å². The summed E-state index contributed by atoms with van der Waals surface area (Å²) in [5, 5.41) is 0. The zero-order chi connectivity index (χ0) is 13.4. The molecule has 3 N–H and O–H groups in total. The van der Waals surface area contributed by atoms with E-state index in [4.69, 9.17) is 5.84 Å². The van der Waals surface area contributed by atoms with Crippen LogP contribution in [0.15, 0.2) is 11.6 Å². The predicted molar refractivity (Wildman–Crippen MR) is 63.8 cm³/mol. The van der Waals surface area contributed by atoms with Crippen LogP contribution in [0.25, 0.3) is 0 Å². The first-order valence-corrected chi connectivity index (χ1v) is 6.32. The molecule has 0 amide bonds. The van der Waals surface area contributed by atoms with Crippen LogP contribution in [-0.2, 0) is 4.74 Å². The van der Waals surface area contributed by atoms with Gasteiger partial charge in [0.15, 0.2) is 0 Å². The van der Waals surface area contributed by atoms with Crippen LogP contribution in [0.1, 0.15) is 38.5 Å². The highest BCUT2D eigenvalue weighted by molar-refractivity contribution is 5.11. The summed E-state index contributed by atoms with van der Waals surface area (Å²) >= 11 is 0. The minimum atomic E-state index is -4.26. The average molecular weight is 266 g/mol. The second-order valence-electron chi connectivity index (χ2n) is 4.55. The Morgan fingerprint density at radius 1 is 1.33 bits per heavy atom. The number of hydrogen-bond donors (Lipinski definition) is 2. The first-order chi connectivity index (χ1) is 8.53. The second-order valence-corrected chi connectivity index (χ2v) is 4.55. The number of nitrogens with one attached hydrogen (secondary N) is 1. The largest absolute Gasteiger partial charge is 0.411 e. The summed E-state index contributed by atoms with van der Waals surface area (Å²) < 4.78 is 40.3. The Labute approximate surface area is 106 Å². The molecule has 0 bridgehead atoms. The predicted octanol–water partition coefficient (Wildman–Crippen LogP) is 2.68. The number of allylic oxidation sites excluding steroid dienone is 1. The maximum absolute atomic E-state index is 11.9. The van der Waals surface area contributed by atoms with Gasteiger partial charge in [0, 0.05) is 12.6 Å². The Bertz CT molecular complexity index is 267. The fourth-order valence-corrected chi connectivity index (χ4v) is 2.12. The van der Waals surface area contributed by atoms with E-state index in [0.29, 0.717) is 6.42 Å². The third kappa shape index (κ3) is 6.37. The van der Waals surface area contributed by atoms with Crippen molar-refractivity contribution in [3.8, 4) is 0 Å². The number of hydrogen-bond acceptors (Lipinski definition) is 3. The Kier molecular flexibility index (Phi) is 6.67. The molecule has 1 aliphatic rings. The minimum Gasteiger partial charge on any atom is -0.372 e. The van der Waals surface area contributed by atoms with Crippen molar-refractivity contribution in [1.82, 2.24) is 5.43 Å². The molecule has 6 heteroatoms. The maximum atomic E-state index is 11.9. The monoisotopic (exact) mass is 266 g/mol. The molecule has 0 heterocycles. The Morgan fingerprint density at radius 3 is 2.78 bits per heavy atom. The number of ether oxygens (including phenoxy) is 1. The van der Waals surface area contributed by atoms with Crippen molar-refractivity contribution in [3.05, 3.63) is 11.6 Å². The summed E-state index contributed by atoms with van der Waals surface area (Å²) in [6.07, 6.45) is 3.85. The van der Waals surface area contributed by atoms with Gasteiger partial charge in [0.1, 0.15) is 6.61 Å². The topological polar surface area (TPSA) is 47.3 Å². The van der Waals surface area contributed by atoms with Crippen molar-refractivity contribution < 1.29 is 17.9 Å². The van der Waals surface area contributed by atoms with Crippen molar-refractivity contribution in [2.45, 2.75) is 50.7 Å². The van der Waals surface area contributed by atoms with Crippen molar-refractivity contribution in [1.29, 1.82) is 0 Å². The maximum Gasteiger partial charge on any atom is 0.411 e. The van der Waals surface area contributed by atoms with Crippen LogP contribution in [0.4, 0.5) is 13.2 Å². The normalized spacial score (nSPS) is 19.2. The summed E-state index contributed by atoms with van der Waals surface area (Å²) in [7, 11) is 0. The fraction of sp³-hybridized carbons (Fsp3) is 0.833. The van der Waals surface area contributed by atoms with Gasteiger partial charge < -0.3 is 4.74 Å². The molecule has 1 unspecified atom stereocenters. The highest BCUT2D eigenvalue weighted by Gasteiger charge is 2.27. The Morgan fingerprint density at radius 2 is 2.11 bits per heavy atom. The lowest BCUT2D eigenvalue weighted by molar-refractivity contribution is -0.174. The molecule has 0 saturated heterocycles.